The second-order valence-electron chi connectivity index (χ2n) is 2.15. The van der Waals surface area contributed by atoms with E-state index >= 15 is 0 Å². The number of halogens is 1. The Morgan fingerprint density at radius 1 is 1.36 bits per heavy atom. The molecule has 0 aliphatic heterocycles. The van der Waals surface area contributed by atoms with E-state index in [0.717, 1.165) is 5.69 Å². The summed E-state index contributed by atoms with van der Waals surface area (Å²) < 4.78 is 0.0220. The molecule has 58 valence electrons. The van der Waals surface area contributed by atoms with Crippen LogP contribution in [0.5, 0.6) is 0 Å². The van der Waals surface area contributed by atoms with Gasteiger partial charge in [0.25, 0.3) is 3.91 Å². The van der Waals surface area contributed by atoms with Crippen molar-refractivity contribution >= 4 is 32.2 Å². The Hall–Kier alpha value is -0.580. The molecule has 0 aliphatic rings. The summed E-state index contributed by atoms with van der Waals surface area (Å²) in [7, 11) is 1.75. The maximum Gasteiger partial charge on any atom is 0.287 e. The fourth-order valence-electron chi connectivity index (χ4n) is 0.753. The van der Waals surface area contributed by atoms with Crippen LogP contribution in [0.4, 0.5) is 10.5 Å². The largest absolute Gasteiger partial charge is 0.307 e. The Labute approximate surface area is 79.3 Å². The highest BCUT2D eigenvalue weighted by atomic mass is 127. The Balaban J connectivity index is 2.85. The molecule has 0 spiro atoms. The highest BCUT2D eigenvalue weighted by molar-refractivity contribution is 14.1. The Morgan fingerprint density at radius 2 is 1.91 bits per heavy atom. The summed E-state index contributed by atoms with van der Waals surface area (Å²) in [6.45, 7) is 0. The maximum absolute atomic E-state index is 10.9. The molecular weight excluding hydrogens is 253 g/mol. The van der Waals surface area contributed by atoms with Crippen LogP contribution in [0.2, 0.25) is 0 Å². The highest BCUT2D eigenvalue weighted by Gasteiger charge is 2.03. The third kappa shape index (κ3) is 2.18. The SMILES string of the molecule is CN(C(=O)I)c1ccccc1. The molecular formula is C8H8INO. The lowest BCUT2D eigenvalue weighted by Gasteiger charge is -2.12. The molecule has 1 aromatic rings. The smallest absolute Gasteiger partial charge is 0.287 e. The second kappa shape index (κ2) is 3.71. The quantitative estimate of drug-likeness (QED) is 0.432. The molecule has 1 aromatic carbocycles. The Bertz CT molecular complexity index is 248. The zero-order valence-corrected chi connectivity index (χ0v) is 8.28. The van der Waals surface area contributed by atoms with Gasteiger partial charge in [0.05, 0.1) is 0 Å². The van der Waals surface area contributed by atoms with E-state index in [-0.39, 0.29) is 3.91 Å². The van der Waals surface area contributed by atoms with Crippen LogP contribution in [0.3, 0.4) is 0 Å². The van der Waals surface area contributed by atoms with Crippen LogP contribution in [0.1, 0.15) is 0 Å². The molecule has 1 rings (SSSR count). The fourth-order valence-corrected chi connectivity index (χ4v) is 1.03. The second-order valence-corrected chi connectivity index (χ2v) is 3.07. The highest BCUT2D eigenvalue weighted by Crippen LogP contribution is 2.13. The van der Waals surface area contributed by atoms with Gasteiger partial charge < -0.3 is 4.90 Å². The van der Waals surface area contributed by atoms with Gasteiger partial charge in [-0.2, -0.15) is 0 Å². The summed E-state index contributed by atoms with van der Waals surface area (Å²) in [4.78, 5) is 12.5. The molecule has 0 atom stereocenters. The number of anilines is 1. The van der Waals surface area contributed by atoms with Gasteiger partial charge in [-0.1, -0.05) is 18.2 Å². The Kier molecular flexibility index (Phi) is 2.87. The van der Waals surface area contributed by atoms with Crippen molar-refractivity contribution < 1.29 is 4.79 Å². The number of hydrogen-bond acceptors (Lipinski definition) is 1. The lowest BCUT2D eigenvalue weighted by atomic mass is 10.3. The minimum Gasteiger partial charge on any atom is -0.307 e. The van der Waals surface area contributed by atoms with E-state index in [9.17, 15) is 4.79 Å². The molecule has 0 radical (unpaired) electrons. The van der Waals surface area contributed by atoms with Crippen molar-refractivity contribution in [2.75, 3.05) is 11.9 Å². The van der Waals surface area contributed by atoms with E-state index < -0.39 is 0 Å². The topological polar surface area (TPSA) is 20.3 Å². The molecule has 0 N–H and O–H groups in total. The molecule has 0 saturated heterocycles. The lowest BCUT2D eigenvalue weighted by molar-refractivity contribution is 0.268. The van der Waals surface area contributed by atoms with Gasteiger partial charge in [0.2, 0.25) is 0 Å². The molecule has 2 nitrogen and oxygen atoms in total. The van der Waals surface area contributed by atoms with Crippen LogP contribution in [-0.4, -0.2) is 11.0 Å². The number of nitrogens with zero attached hydrogens (tertiary/aromatic N) is 1. The molecule has 0 bridgehead atoms. The third-order valence-electron chi connectivity index (χ3n) is 1.41. The van der Waals surface area contributed by atoms with Gasteiger partial charge in [0.1, 0.15) is 0 Å². The number of hydrogen-bond donors (Lipinski definition) is 0. The maximum atomic E-state index is 10.9. The van der Waals surface area contributed by atoms with Crippen molar-refractivity contribution in [1.29, 1.82) is 0 Å². The number of para-hydroxylation sites is 1. The number of rotatable bonds is 1. The van der Waals surface area contributed by atoms with E-state index in [1.54, 1.807) is 34.5 Å². The van der Waals surface area contributed by atoms with Crippen LogP contribution < -0.4 is 4.90 Å². The zero-order chi connectivity index (χ0) is 8.27. The number of benzene rings is 1. The summed E-state index contributed by atoms with van der Waals surface area (Å²) in [5, 5.41) is 0. The van der Waals surface area contributed by atoms with E-state index in [1.807, 2.05) is 30.3 Å². The van der Waals surface area contributed by atoms with Crippen LogP contribution in [0.15, 0.2) is 30.3 Å². The van der Waals surface area contributed by atoms with Gasteiger partial charge in [-0.15, -0.1) is 0 Å². The molecule has 0 saturated carbocycles. The molecule has 3 heteroatoms. The molecule has 1 amide bonds. The zero-order valence-electron chi connectivity index (χ0n) is 6.12. The Morgan fingerprint density at radius 3 is 2.36 bits per heavy atom. The first-order chi connectivity index (χ1) is 5.22. The molecule has 11 heavy (non-hydrogen) atoms. The minimum absolute atomic E-state index is 0.0220. The van der Waals surface area contributed by atoms with Crippen LogP contribution in [0, 0.1) is 0 Å². The molecule has 0 aromatic heterocycles. The average molecular weight is 261 g/mol. The summed E-state index contributed by atoms with van der Waals surface area (Å²) in [6.07, 6.45) is 0. The monoisotopic (exact) mass is 261 g/mol. The van der Waals surface area contributed by atoms with Crippen molar-refractivity contribution in [2.24, 2.45) is 0 Å². The number of carbonyl (C=O) groups is 1. The van der Waals surface area contributed by atoms with Gasteiger partial charge in [0.15, 0.2) is 0 Å². The summed E-state index contributed by atoms with van der Waals surface area (Å²) in [6, 6.07) is 9.54. The van der Waals surface area contributed by atoms with E-state index in [0.29, 0.717) is 0 Å². The minimum atomic E-state index is 0.0220. The van der Waals surface area contributed by atoms with Gasteiger partial charge in [-0.3, -0.25) is 4.79 Å². The van der Waals surface area contributed by atoms with Crippen molar-refractivity contribution in [3.05, 3.63) is 30.3 Å². The normalized spacial score (nSPS) is 9.27. The predicted molar refractivity (Wildman–Crippen MR) is 54.3 cm³/mol. The molecule has 0 fully saturated rings. The van der Waals surface area contributed by atoms with Gasteiger partial charge in [-0.25, -0.2) is 0 Å². The number of carbonyl (C=O) groups excluding carboxylic acids is 1. The van der Waals surface area contributed by atoms with Crippen molar-refractivity contribution in [1.82, 2.24) is 0 Å². The summed E-state index contributed by atoms with van der Waals surface area (Å²) in [5.74, 6) is 0. The van der Waals surface area contributed by atoms with E-state index in [1.165, 1.54) is 0 Å². The van der Waals surface area contributed by atoms with Gasteiger partial charge in [0, 0.05) is 35.3 Å². The standard InChI is InChI=1S/C8H8INO/c1-10(8(9)11)7-5-3-2-4-6-7/h2-6H,1H3. The summed E-state index contributed by atoms with van der Waals surface area (Å²) >= 11 is 1.76. The van der Waals surface area contributed by atoms with Gasteiger partial charge in [-0.05, 0) is 12.1 Å². The van der Waals surface area contributed by atoms with E-state index in [2.05, 4.69) is 0 Å². The van der Waals surface area contributed by atoms with Crippen LogP contribution in [-0.2, 0) is 0 Å². The lowest BCUT2D eigenvalue weighted by Crippen LogP contribution is -2.18. The molecule has 0 unspecified atom stereocenters. The first-order valence-electron chi connectivity index (χ1n) is 3.20. The summed E-state index contributed by atoms with van der Waals surface area (Å²) in [5.41, 5.74) is 0.923. The molecule has 0 aliphatic carbocycles. The number of amides is 1. The fraction of sp³-hybridized carbons (Fsp3) is 0.125. The van der Waals surface area contributed by atoms with Crippen LogP contribution >= 0.6 is 22.6 Å². The van der Waals surface area contributed by atoms with Crippen molar-refractivity contribution in [2.45, 2.75) is 0 Å². The first-order valence-corrected chi connectivity index (χ1v) is 4.28. The molecule has 0 heterocycles. The predicted octanol–water partition coefficient (Wildman–Crippen LogP) is 2.68. The first kappa shape index (κ1) is 8.52. The van der Waals surface area contributed by atoms with Crippen molar-refractivity contribution in [3.8, 4) is 0 Å². The van der Waals surface area contributed by atoms with Crippen molar-refractivity contribution in [3.63, 3.8) is 0 Å². The average Bonchev–Trinajstić information content (AvgIpc) is 2.05. The third-order valence-corrected chi connectivity index (χ3v) is 2.13. The van der Waals surface area contributed by atoms with E-state index in [4.69, 9.17) is 0 Å². The van der Waals surface area contributed by atoms with Gasteiger partial charge >= 0.3 is 0 Å². The van der Waals surface area contributed by atoms with Crippen LogP contribution in [0.25, 0.3) is 0 Å².